The quantitative estimate of drug-likeness (QED) is 0.839. The fourth-order valence-electron chi connectivity index (χ4n) is 2.28. The van der Waals surface area contributed by atoms with Gasteiger partial charge in [0.05, 0.1) is 16.3 Å². The molecule has 0 spiro atoms. The Morgan fingerprint density at radius 2 is 2.00 bits per heavy atom. The third kappa shape index (κ3) is 3.52. The Labute approximate surface area is 122 Å². The van der Waals surface area contributed by atoms with E-state index in [2.05, 4.69) is 24.2 Å². The maximum atomic E-state index is 12.1. The van der Waals surface area contributed by atoms with Crippen molar-refractivity contribution in [3.63, 3.8) is 0 Å². The van der Waals surface area contributed by atoms with Crippen LogP contribution in [-0.4, -0.2) is 44.7 Å². The molecule has 112 valence electrons. The van der Waals surface area contributed by atoms with Crippen LogP contribution in [-0.2, 0) is 9.84 Å². The van der Waals surface area contributed by atoms with E-state index >= 15 is 0 Å². The predicted octanol–water partition coefficient (Wildman–Crippen LogP) is 2.37. The predicted molar refractivity (Wildman–Crippen MR) is 82.9 cm³/mol. The molecule has 1 unspecified atom stereocenters. The number of likely N-dealkylation sites (N-methyl/N-ethyl adjacent to an activating group) is 1. The zero-order valence-corrected chi connectivity index (χ0v) is 13.3. The first-order chi connectivity index (χ1) is 9.45. The third-order valence-electron chi connectivity index (χ3n) is 4.01. The number of hydrogen-bond donors (Lipinski definition) is 1. The second kappa shape index (κ2) is 6.14. The van der Waals surface area contributed by atoms with Gasteiger partial charge in [0.15, 0.2) is 9.84 Å². The van der Waals surface area contributed by atoms with Crippen LogP contribution >= 0.6 is 0 Å². The summed E-state index contributed by atoms with van der Waals surface area (Å²) in [6.45, 7) is 4.60. The molecule has 0 radical (unpaired) electrons. The van der Waals surface area contributed by atoms with Crippen LogP contribution in [0.4, 0.5) is 5.69 Å². The number of sulfone groups is 1. The van der Waals surface area contributed by atoms with Gasteiger partial charge < -0.3 is 5.32 Å². The Morgan fingerprint density at radius 1 is 1.35 bits per heavy atom. The molecule has 20 heavy (non-hydrogen) atoms. The molecule has 0 aliphatic heterocycles. The Bertz CT molecular complexity index is 553. The number of benzene rings is 1. The molecule has 4 nitrogen and oxygen atoms in total. The van der Waals surface area contributed by atoms with Gasteiger partial charge in [0.1, 0.15) is 0 Å². The standard InChI is InChI=1S/C15H24N2O2S/c1-4-20(18,19)15-8-6-5-7-14(15)16-11-12(2)17(3)13-9-10-13/h5-8,12-13,16H,4,9-11H2,1-3H3. The largest absolute Gasteiger partial charge is 0.382 e. The van der Waals surface area contributed by atoms with Crippen molar-refractivity contribution in [2.24, 2.45) is 0 Å². The molecule has 0 saturated heterocycles. The number of anilines is 1. The van der Waals surface area contributed by atoms with Crippen LogP contribution in [0.2, 0.25) is 0 Å². The van der Waals surface area contributed by atoms with Crippen molar-refractivity contribution in [3.8, 4) is 0 Å². The van der Waals surface area contributed by atoms with Gasteiger partial charge in [-0.25, -0.2) is 8.42 Å². The van der Waals surface area contributed by atoms with Gasteiger partial charge in [0.2, 0.25) is 0 Å². The third-order valence-corrected chi connectivity index (χ3v) is 5.79. The molecule has 1 aliphatic rings. The minimum Gasteiger partial charge on any atom is -0.382 e. The van der Waals surface area contributed by atoms with Gasteiger partial charge in [-0.15, -0.1) is 0 Å². The lowest BCUT2D eigenvalue weighted by atomic mass is 10.2. The molecule has 5 heteroatoms. The lowest BCUT2D eigenvalue weighted by Gasteiger charge is -2.25. The van der Waals surface area contributed by atoms with Gasteiger partial charge in [-0.1, -0.05) is 19.1 Å². The molecule has 0 bridgehead atoms. The van der Waals surface area contributed by atoms with Gasteiger partial charge in [0, 0.05) is 18.6 Å². The van der Waals surface area contributed by atoms with E-state index in [0.29, 0.717) is 22.7 Å². The van der Waals surface area contributed by atoms with E-state index < -0.39 is 9.84 Å². The number of rotatable bonds is 7. The molecule has 1 aromatic rings. The Balaban J connectivity index is 2.06. The highest BCUT2D eigenvalue weighted by molar-refractivity contribution is 7.91. The van der Waals surface area contributed by atoms with Gasteiger partial charge in [-0.3, -0.25) is 4.90 Å². The van der Waals surface area contributed by atoms with Crippen molar-refractivity contribution >= 4 is 15.5 Å². The maximum Gasteiger partial charge on any atom is 0.180 e. The summed E-state index contributed by atoms with van der Waals surface area (Å²) < 4.78 is 24.1. The van der Waals surface area contributed by atoms with Crippen molar-refractivity contribution in [3.05, 3.63) is 24.3 Å². The fraction of sp³-hybridized carbons (Fsp3) is 0.600. The molecule has 0 amide bonds. The lowest BCUT2D eigenvalue weighted by Crippen LogP contribution is -2.36. The van der Waals surface area contributed by atoms with Gasteiger partial charge in [-0.05, 0) is 38.9 Å². The van der Waals surface area contributed by atoms with Crippen LogP contribution in [0.5, 0.6) is 0 Å². The van der Waals surface area contributed by atoms with E-state index in [1.54, 1.807) is 19.1 Å². The zero-order valence-electron chi connectivity index (χ0n) is 12.5. The van der Waals surface area contributed by atoms with E-state index in [4.69, 9.17) is 0 Å². The van der Waals surface area contributed by atoms with Crippen molar-refractivity contribution in [1.82, 2.24) is 4.90 Å². The maximum absolute atomic E-state index is 12.1. The molecular weight excluding hydrogens is 272 g/mol. The van der Waals surface area contributed by atoms with Crippen LogP contribution < -0.4 is 5.32 Å². The highest BCUT2D eigenvalue weighted by atomic mass is 32.2. The summed E-state index contributed by atoms with van der Waals surface area (Å²) in [5.41, 5.74) is 0.713. The molecule has 1 atom stereocenters. The fourth-order valence-corrected chi connectivity index (χ4v) is 3.35. The average Bonchev–Trinajstić information content (AvgIpc) is 3.28. The minimum atomic E-state index is -3.18. The first kappa shape index (κ1) is 15.3. The van der Waals surface area contributed by atoms with Gasteiger partial charge >= 0.3 is 0 Å². The Morgan fingerprint density at radius 3 is 2.60 bits per heavy atom. The van der Waals surface area contributed by atoms with Crippen molar-refractivity contribution < 1.29 is 8.42 Å². The summed E-state index contributed by atoms with van der Waals surface area (Å²) in [6, 6.07) is 8.25. The topological polar surface area (TPSA) is 49.4 Å². The Hall–Kier alpha value is -1.07. The molecule has 1 saturated carbocycles. The van der Waals surface area contributed by atoms with Crippen molar-refractivity contribution in [1.29, 1.82) is 0 Å². The second-order valence-electron chi connectivity index (χ2n) is 5.53. The molecule has 1 fully saturated rings. The highest BCUT2D eigenvalue weighted by Crippen LogP contribution is 2.27. The van der Waals surface area contributed by atoms with Gasteiger partial charge in [-0.2, -0.15) is 0 Å². The summed E-state index contributed by atoms with van der Waals surface area (Å²) in [5, 5.41) is 3.30. The number of hydrogen-bond acceptors (Lipinski definition) is 4. The van der Waals surface area contributed by atoms with Crippen LogP contribution in [0.25, 0.3) is 0 Å². The van der Waals surface area contributed by atoms with Crippen LogP contribution in [0.3, 0.4) is 0 Å². The van der Waals surface area contributed by atoms with E-state index in [-0.39, 0.29) is 5.75 Å². The summed E-state index contributed by atoms with van der Waals surface area (Å²) in [5.74, 6) is 0.128. The molecule has 2 rings (SSSR count). The smallest absolute Gasteiger partial charge is 0.180 e. The van der Waals surface area contributed by atoms with E-state index in [1.807, 2.05) is 12.1 Å². The number of para-hydroxylation sites is 1. The first-order valence-corrected chi connectivity index (χ1v) is 8.88. The molecular formula is C15H24N2O2S. The normalized spacial score (nSPS) is 17.2. The summed E-state index contributed by atoms with van der Waals surface area (Å²) in [4.78, 5) is 2.77. The number of nitrogens with one attached hydrogen (secondary N) is 1. The van der Waals surface area contributed by atoms with E-state index in [9.17, 15) is 8.42 Å². The summed E-state index contributed by atoms with van der Waals surface area (Å²) >= 11 is 0. The summed E-state index contributed by atoms with van der Waals surface area (Å²) in [7, 11) is -1.04. The molecule has 1 aromatic carbocycles. The van der Waals surface area contributed by atoms with Crippen LogP contribution in [0.1, 0.15) is 26.7 Å². The van der Waals surface area contributed by atoms with Crippen LogP contribution in [0, 0.1) is 0 Å². The second-order valence-corrected chi connectivity index (χ2v) is 7.77. The minimum absolute atomic E-state index is 0.128. The molecule has 1 aliphatic carbocycles. The first-order valence-electron chi connectivity index (χ1n) is 7.23. The van der Waals surface area contributed by atoms with E-state index in [0.717, 1.165) is 6.54 Å². The molecule has 1 N–H and O–H groups in total. The number of nitrogens with zero attached hydrogens (tertiary/aromatic N) is 1. The summed E-state index contributed by atoms with van der Waals surface area (Å²) in [6.07, 6.45) is 2.56. The zero-order chi connectivity index (χ0) is 14.8. The monoisotopic (exact) mass is 296 g/mol. The van der Waals surface area contributed by atoms with Crippen molar-refractivity contribution in [2.75, 3.05) is 24.7 Å². The van der Waals surface area contributed by atoms with Gasteiger partial charge in [0.25, 0.3) is 0 Å². The molecule has 0 aromatic heterocycles. The SMILES string of the molecule is CCS(=O)(=O)c1ccccc1NCC(C)N(C)C1CC1. The van der Waals surface area contributed by atoms with Crippen LogP contribution in [0.15, 0.2) is 29.2 Å². The van der Waals surface area contributed by atoms with Crippen molar-refractivity contribution in [2.45, 2.75) is 43.7 Å². The van der Waals surface area contributed by atoms with E-state index in [1.165, 1.54) is 12.8 Å². The lowest BCUT2D eigenvalue weighted by molar-refractivity contribution is 0.257. The highest BCUT2D eigenvalue weighted by Gasteiger charge is 2.29. The average molecular weight is 296 g/mol. The molecule has 0 heterocycles. The Kier molecular flexibility index (Phi) is 4.70.